The van der Waals surface area contributed by atoms with Crippen LogP contribution in [0.5, 0.6) is 0 Å². The first-order valence-corrected chi connectivity index (χ1v) is 8.90. The molecule has 5 nitrogen and oxygen atoms in total. The quantitative estimate of drug-likeness (QED) is 0.768. The summed E-state index contributed by atoms with van der Waals surface area (Å²) in [6.45, 7) is 8.53. The highest BCUT2D eigenvalue weighted by atomic mass is 16.7. The van der Waals surface area contributed by atoms with Crippen LogP contribution in [0.25, 0.3) is 0 Å². The Kier molecular flexibility index (Phi) is 5.92. The van der Waals surface area contributed by atoms with Gasteiger partial charge in [-0.05, 0) is 25.8 Å². The Labute approximate surface area is 149 Å². The highest BCUT2D eigenvalue weighted by molar-refractivity contribution is 5.13. The molecule has 3 rings (SSSR count). The molecular weight excluding hydrogens is 320 g/mol. The third-order valence-corrected chi connectivity index (χ3v) is 4.68. The predicted molar refractivity (Wildman–Crippen MR) is 94.0 cm³/mol. The molecule has 2 saturated heterocycles. The zero-order chi connectivity index (χ0) is 17.9. The molecule has 5 heteroatoms. The molecule has 0 spiro atoms. The van der Waals surface area contributed by atoms with Crippen molar-refractivity contribution in [2.75, 3.05) is 6.61 Å². The normalized spacial score (nSPS) is 34.3. The lowest BCUT2D eigenvalue weighted by Crippen LogP contribution is -2.37. The summed E-state index contributed by atoms with van der Waals surface area (Å²) in [5.74, 6) is -0.567. The molecule has 2 aliphatic rings. The summed E-state index contributed by atoms with van der Waals surface area (Å²) < 4.78 is 23.6. The summed E-state index contributed by atoms with van der Waals surface area (Å²) in [6, 6.07) is 9.94. The molecule has 0 amide bonds. The first-order valence-electron chi connectivity index (χ1n) is 8.90. The molecule has 1 aromatic carbocycles. The molecule has 0 saturated carbocycles. The number of rotatable bonds is 7. The first-order chi connectivity index (χ1) is 12.0. The van der Waals surface area contributed by atoms with Gasteiger partial charge in [0.05, 0.1) is 31.5 Å². The van der Waals surface area contributed by atoms with Crippen LogP contribution in [0.2, 0.25) is 0 Å². The van der Waals surface area contributed by atoms with E-state index in [0.29, 0.717) is 26.1 Å². The molecule has 25 heavy (non-hydrogen) atoms. The maximum Gasteiger partial charge on any atom is 0.163 e. The second-order valence-corrected chi connectivity index (χ2v) is 7.18. The van der Waals surface area contributed by atoms with E-state index in [4.69, 9.17) is 18.9 Å². The number of benzene rings is 1. The Bertz CT molecular complexity index is 558. The Morgan fingerprint density at radius 2 is 2.04 bits per heavy atom. The van der Waals surface area contributed by atoms with E-state index in [-0.39, 0.29) is 18.3 Å². The van der Waals surface area contributed by atoms with Crippen molar-refractivity contribution in [3.63, 3.8) is 0 Å². The fourth-order valence-corrected chi connectivity index (χ4v) is 3.47. The largest absolute Gasteiger partial charge is 0.388 e. The van der Waals surface area contributed by atoms with Crippen molar-refractivity contribution >= 4 is 0 Å². The second-order valence-electron chi connectivity index (χ2n) is 7.18. The van der Waals surface area contributed by atoms with E-state index in [0.717, 1.165) is 5.56 Å². The zero-order valence-corrected chi connectivity index (χ0v) is 15.0. The van der Waals surface area contributed by atoms with Crippen molar-refractivity contribution in [2.24, 2.45) is 0 Å². The molecule has 0 radical (unpaired) electrons. The number of ether oxygens (including phenoxy) is 4. The van der Waals surface area contributed by atoms with Crippen molar-refractivity contribution in [3.8, 4) is 0 Å². The standard InChI is InChI=1S/C20H28O5/c1-4-8-16-18(21)19(22-12-14-9-6-5-7-10-14)17(24-16)11-15-13-23-20(2,3)25-15/h4-7,9-10,15-19,21H,1,8,11-13H2,2-3H3/t15?,16-,17?,18-,19?/m0/s1. The van der Waals surface area contributed by atoms with Crippen LogP contribution in [0.4, 0.5) is 0 Å². The van der Waals surface area contributed by atoms with Gasteiger partial charge in [0, 0.05) is 6.42 Å². The molecule has 3 unspecified atom stereocenters. The van der Waals surface area contributed by atoms with E-state index in [1.165, 1.54) is 0 Å². The summed E-state index contributed by atoms with van der Waals surface area (Å²) in [5.41, 5.74) is 1.07. The predicted octanol–water partition coefficient (Wildman–Crippen LogP) is 2.82. The van der Waals surface area contributed by atoms with E-state index < -0.39 is 18.0 Å². The van der Waals surface area contributed by atoms with E-state index in [2.05, 4.69) is 6.58 Å². The van der Waals surface area contributed by atoms with E-state index in [1.54, 1.807) is 6.08 Å². The maximum atomic E-state index is 10.6. The Morgan fingerprint density at radius 3 is 2.68 bits per heavy atom. The Morgan fingerprint density at radius 1 is 1.28 bits per heavy atom. The van der Waals surface area contributed by atoms with Crippen molar-refractivity contribution in [1.82, 2.24) is 0 Å². The number of aliphatic hydroxyl groups is 1. The SMILES string of the molecule is C=CC[C@@H]1OC(CC2COC(C)(C)O2)C(OCc2ccccc2)[C@H]1O. The van der Waals surface area contributed by atoms with Crippen LogP contribution in [-0.2, 0) is 25.6 Å². The van der Waals surface area contributed by atoms with Crippen LogP contribution in [-0.4, -0.2) is 48.0 Å². The van der Waals surface area contributed by atoms with Crippen LogP contribution in [0.1, 0.15) is 32.3 Å². The Balaban J connectivity index is 1.64. The van der Waals surface area contributed by atoms with Gasteiger partial charge in [0.25, 0.3) is 0 Å². The lowest BCUT2D eigenvalue weighted by atomic mass is 10.0. The molecule has 2 fully saturated rings. The number of aliphatic hydroxyl groups excluding tert-OH is 1. The molecule has 1 N–H and O–H groups in total. The number of hydrogen-bond acceptors (Lipinski definition) is 5. The summed E-state index contributed by atoms with van der Waals surface area (Å²) in [7, 11) is 0. The lowest BCUT2D eigenvalue weighted by molar-refractivity contribution is -0.145. The minimum Gasteiger partial charge on any atom is -0.388 e. The third kappa shape index (κ3) is 4.68. The fourth-order valence-electron chi connectivity index (χ4n) is 3.47. The molecule has 5 atom stereocenters. The monoisotopic (exact) mass is 348 g/mol. The van der Waals surface area contributed by atoms with E-state index in [9.17, 15) is 5.11 Å². The summed E-state index contributed by atoms with van der Waals surface area (Å²) in [4.78, 5) is 0. The van der Waals surface area contributed by atoms with Crippen LogP contribution < -0.4 is 0 Å². The molecule has 138 valence electrons. The first kappa shape index (κ1) is 18.5. The van der Waals surface area contributed by atoms with Crippen LogP contribution in [0.15, 0.2) is 43.0 Å². The van der Waals surface area contributed by atoms with Crippen molar-refractivity contribution in [1.29, 1.82) is 0 Å². The molecule has 2 aliphatic heterocycles. The minimum atomic E-state index is -0.679. The summed E-state index contributed by atoms with van der Waals surface area (Å²) >= 11 is 0. The fraction of sp³-hybridized carbons (Fsp3) is 0.600. The molecule has 0 bridgehead atoms. The molecule has 0 aliphatic carbocycles. The van der Waals surface area contributed by atoms with Gasteiger partial charge in [-0.1, -0.05) is 36.4 Å². The van der Waals surface area contributed by atoms with Crippen molar-refractivity contribution in [2.45, 2.75) is 69.6 Å². The van der Waals surface area contributed by atoms with Gasteiger partial charge in [-0.3, -0.25) is 0 Å². The average Bonchev–Trinajstić information content (AvgIpc) is 3.07. The van der Waals surface area contributed by atoms with E-state index in [1.807, 2.05) is 44.2 Å². The number of hydrogen-bond donors (Lipinski definition) is 1. The van der Waals surface area contributed by atoms with Gasteiger partial charge in [0.15, 0.2) is 5.79 Å². The van der Waals surface area contributed by atoms with Gasteiger partial charge in [0.2, 0.25) is 0 Å². The van der Waals surface area contributed by atoms with Crippen LogP contribution >= 0.6 is 0 Å². The third-order valence-electron chi connectivity index (χ3n) is 4.68. The average molecular weight is 348 g/mol. The smallest absolute Gasteiger partial charge is 0.163 e. The zero-order valence-electron chi connectivity index (χ0n) is 15.0. The highest BCUT2D eigenvalue weighted by Gasteiger charge is 2.46. The Hall–Kier alpha value is -1.24. The van der Waals surface area contributed by atoms with Crippen LogP contribution in [0, 0.1) is 0 Å². The molecule has 0 aromatic heterocycles. The van der Waals surface area contributed by atoms with Crippen LogP contribution in [0.3, 0.4) is 0 Å². The topological polar surface area (TPSA) is 57.2 Å². The molecule has 1 aromatic rings. The van der Waals surface area contributed by atoms with E-state index >= 15 is 0 Å². The van der Waals surface area contributed by atoms with Gasteiger partial charge in [-0.2, -0.15) is 0 Å². The van der Waals surface area contributed by atoms with Gasteiger partial charge >= 0.3 is 0 Å². The van der Waals surface area contributed by atoms with Gasteiger partial charge in [0.1, 0.15) is 12.2 Å². The lowest BCUT2D eigenvalue weighted by Gasteiger charge is -2.23. The van der Waals surface area contributed by atoms with Crippen molar-refractivity contribution < 1.29 is 24.1 Å². The highest BCUT2D eigenvalue weighted by Crippen LogP contribution is 2.33. The molecule has 2 heterocycles. The molecular formula is C20H28O5. The van der Waals surface area contributed by atoms with Gasteiger partial charge in [-0.25, -0.2) is 0 Å². The second kappa shape index (κ2) is 7.98. The summed E-state index contributed by atoms with van der Waals surface area (Å²) in [5, 5.41) is 10.6. The summed E-state index contributed by atoms with van der Waals surface area (Å²) in [6.07, 6.45) is 1.34. The van der Waals surface area contributed by atoms with Gasteiger partial charge < -0.3 is 24.1 Å². The minimum absolute atomic E-state index is 0.0579. The maximum absolute atomic E-state index is 10.6. The van der Waals surface area contributed by atoms with Crippen molar-refractivity contribution in [3.05, 3.63) is 48.6 Å². The van der Waals surface area contributed by atoms with Gasteiger partial charge in [-0.15, -0.1) is 6.58 Å².